The van der Waals surface area contributed by atoms with E-state index in [1.54, 1.807) is 12.3 Å². The van der Waals surface area contributed by atoms with Crippen LogP contribution < -0.4 is 10.5 Å². The van der Waals surface area contributed by atoms with E-state index < -0.39 is 0 Å². The lowest BCUT2D eigenvalue weighted by molar-refractivity contribution is 0.530. The summed E-state index contributed by atoms with van der Waals surface area (Å²) in [5.41, 5.74) is 0.901. The van der Waals surface area contributed by atoms with E-state index in [2.05, 4.69) is 16.1 Å². The topological polar surface area (TPSA) is 61.9 Å². The first-order valence-electron chi connectivity index (χ1n) is 7.00. The summed E-state index contributed by atoms with van der Waals surface area (Å²) in [6, 6.07) is 3.79. The van der Waals surface area contributed by atoms with E-state index in [1.807, 2.05) is 0 Å². The van der Waals surface area contributed by atoms with Crippen molar-refractivity contribution in [2.24, 2.45) is 0 Å². The molecule has 1 fully saturated rings. The van der Waals surface area contributed by atoms with Crippen molar-refractivity contribution in [1.29, 1.82) is 5.26 Å². The van der Waals surface area contributed by atoms with Gasteiger partial charge in [-0.1, -0.05) is 0 Å². The Labute approximate surface area is 113 Å². The molecule has 1 saturated heterocycles. The van der Waals surface area contributed by atoms with Gasteiger partial charge in [-0.3, -0.25) is 4.79 Å². The zero-order valence-corrected chi connectivity index (χ0v) is 11.2. The molecule has 5 heteroatoms. The molecule has 0 aromatic carbocycles. The molecule has 0 aliphatic carbocycles. The van der Waals surface area contributed by atoms with Gasteiger partial charge in [0.05, 0.1) is 18.0 Å². The van der Waals surface area contributed by atoms with Crippen LogP contribution in [0.4, 0.5) is 5.69 Å². The molecule has 1 aromatic rings. The van der Waals surface area contributed by atoms with Crippen LogP contribution in [0.15, 0.2) is 17.1 Å². The van der Waals surface area contributed by atoms with Crippen molar-refractivity contribution in [3.63, 3.8) is 0 Å². The lowest BCUT2D eigenvalue weighted by Gasteiger charge is -2.28. The van der Waals surface area contributed by atoms with Gasteiger partial charge in [-0.25, -0.2) is 4.68 Å². The number of aromatic nitrogens is 2. The average molecular weight is 260 g/mol. The van der Waals surface area contributed by atoms with E-state index in [0.29, 0.717) is 13.0 Å². The van der Waals surface area contributed by atoms with E-state index >= 15 is 0 Å². The number of hydrogen-bond donors (Lipinski definition) is 0. The van der Waals surface area contributed by atoms with Crippen LogP contribution in [0.1, 0.15) is 38.5 Å². The highest BCUT2D eigenvalue weighted by Gasteiger charge is 2.12. The van der Waals surface area contributed by atoms with Crippen LogP contribution in [0.3, 0.4) is 0 Å². The first kappa shape index (κ1) is 13.6. The maximum atomic E-state index is 12.0. The third kappa shape index (κ3) is 3.82. The van der Waals surface area contributed by atoms with Crippen LogP contribution in [0.5, 0.6) is 0 Å². The van der Waals surface area contributed by atoms with Gasteiger partial charge in [0.15, 0.2) is 0 Å². The maximum Gasteiger partial charge on any atom is 0.268 e. The minimum Gasteiger partial charge on any atom is -0.370 e. The molecule has 2 rings (SSSR count). The van der Waals surface area contributed by atoms with Gasteiger partial charge >= 0.3 is 0 Å². The number of unbranched alkanes of at least 4 members (excludes halogenated alkanes) is 2. The normalized spacial score (nSPS) is 15.2. The van der Waals surface area contributed by atoms with Gasteiger partial charge in [-0.2, -0.15) is 10.4 Å². The number of piperidine rings is 1. The summed E-state index contributed by atoms with van der Waals surface area (Å²) in [4.78, 5) is 14.2. The summed E-state index contributed by atoms with van der Waals surface area (Å²) in [7, 11) is 0. The fraction of sp³-hybridized carbons (Fsp3) is 0.643. The molecule has 0 bridgehead atoms. The molecule has 102 valence electrons. The highest BCUT2D eigenvalue weighted by atomic mass is 16.1. The second kappa shape index (κ2) is 6.93. The Morgan fingerprint density at radius 2 is 2.05 bits per heavy atom. The highest BCUT2D eigenvalue weighted by Crippen LogP contribution is 2.16. The van der Waals surface area contributed by atoms with Crippen molar-refractivity contribution in [3.8, 4) is 6.07 Å². The molecule has 0 radical (unpaired) electrons. The quantitative estimate of drug-likeness (QED) is 0.759. The summed E-state index contributed by atoms with van der Waals surface area (Å²) < 4.78 is 1.49. The summed E-state index contributed by atoms with van der Waals surface area (Å²) in [5.74, 6) is 0. The van der Waals surface area contributed by atoms with E-state index in [1.165, 1.54) is 23.9 Å². The van der Waals surface area contributed by atoms with Gasteiger partial charge in [0.25, 0.3) is 5.56 Å². The summed E-state index contributed by atoms with van der Waals surface area (Å²) >= 11 is 0. The minimum atomic E-state index is -0.0416. The summed E-state index contributed by atoms with van der Waals surface area (Å²) in [6.07, 6.45) is 7.63. The van der Waals surface area contributed by atoms with Gasteiger partial charge < -0.3 is 4.90 Å². The smallest absolute Gasteiger partial charge is 0.268 e. The number of nitrogens with zero attached hydrogens (tertiary/aromatic N) is 4. The molecule has 1 aromatic heterocycles. The van der Waals surface area contributed by atoms with E-state index in [9.17, 15) is 4.79 Å². The van der Waals surface area contributed by atoms with Crippen LogP contribution in [0.25, 0.3) is 0 Å². The van der Waals surface area contributed by atoms with Gasteiger partial charge in [-0.05, 0) is 32.1 Å². The van der Waals surface area contributed by atoms with Crippen molar-refractivity contribution >= 4 is 5.69 Å². The molecule has 0 amide bonds. The molecule has 2 heterocycles. The van der Waals surface area contributed by atoms with Gasteiger partial charge in [-0.15, -0.1) is 0 Å². The zero-order valence-electron chi connectivity index (χ0n) is 11.2. The molecule has 19 heavy (non-hydrogen) atoms. The van der Waals surface area contributed by atoms with Crippen LogP contribution in [-0.2, 0) is 6.54 Å². The number of hydrogen-bond acceptors (Lipinski definition) is 4. The lowest BCUT2D eigenvalue weighted by Crippen LogP contribution is -2.32. The molecule has 0 spiro atoms. The average Bonchev–Trinajstić information content (AvgIpc) is 2.46. The Balaban J connectivity index is 1.96. The first-order valence-corrected chi connectivity index (χ1v) is 7.00. The Kier molecular flexibility index (Phi) is 4.96. The Morgan fingerprint density at radius 3 is 2.74 bits per heavy atom. The Hall–Kier alpha value is -1.83. The number of nitriles is 1. The fourth-order valence-corrected chi connectivity index (χ4v) is 2.38. The first-order chi connectivity index (χ1) is 9.31. The summed E-state index contributed by atoms with van der Waals surface area (Å²) in [5, 5.41) is 12.7. The zero-order chi connectivity index (χ0) is 13.5. The molecular formula is C14H20N4O. The van der Waals surface area contributed by atoms with E-state index in [0.717, 1.165) is 31.6 Å². The molecule has 1 aliphatic heterocycles. The predicted molar refractivity (Wildman–Crippen MR) is 74.0 cm³/mol. The van der Waals surface area contributed by atoms with Crippen LogP contribution in [-0.4, -0.2) is 22.9 Å². The minimum absolute atomic E-state index is 0.0416. The molecule has 0 atom stereocenters. The maximum absolute atomic E-state index is 12.0. The molecule has 5 nitrogen and oxygen atoms in total. The Bertz CT molecular complexity index is 497. The SMILES string of the molecule is N#CCCCCn1ncc(N2CCCCC2)cc1=O. The van der Waals surface area contributed by atoms with Crippen molar-refractivity contribution in [2.45, 2.75) is 45.1 Å². The molecular weight excluding hydrogens is 240 g/mol. The highest BCUT2D eigenvalue weighted by molar-refractivity contribution is 5.43. The third-order valence-electron chi connectivity index (χ3n) is 3.48. The van der Waals surface area contributed by atoms with Gasteiger partial charge in [0, 0.05) is 32.1 Å². The van der Waals surface area contributed by atoms with Crippen LogP contribution in [0.2, 0.25) is 0 Å². The van der Waals surface area contributed by atoms with Gasteiger partial charge in [0.1, 0.15) is 0 Å². The molecule has 0 saturated carbocycles. The predicted octanol–water partition coefficient (Wildman–Crippen LogP) is 1.93. The second-order valence-electron chi connectivity index (χ2n) is 4.94. The van der Waals surface area contributed by atoms with Crippen LogP contribution in [0, 0.1) is 11.3 Å². The van der Waals surface area contributed by atoms with Crippen molar-refractivity contribution in [1.82, 2.24) is 9.78 Å². The molecule has 0 N–H and O–H groups in total. The number of rotatable bonds is 5. The van der Waals surface area contributed by atoms with Crippen molar-refractivity contribution < 1.29 is 0 Å². The number of aryl methyl sites for hydroxylation is 1. The van der Waals surface area contributed by atoms with Crippen LogP contribution >= 0.6 is 0 Å². The van der Waals surface area contributed by atoms with E-state index in [4.69, 9.17) is 5.26 Å². The van der Waals surface area contributed by atoms with Gasteiger partial charge in [0.2, 0.25) is 0 Å². The monoisotopic (exact) mass is 260 g/mol. The molecule has 1 aliphatic rings. The fourth-order valence-electron chi connectivity index (χ4n) is 2.38. The van der Waals surface area contributed by atoms with E-state index in [-0.39, 0.29) is 5.56 Å². The van der Waals surface area contributed by atoms with Crippen molar-refractivity contribution in [3.05, 3.63) is 22.6 Å². The Morgan fingerprint density at radius 1 is 1.26 bits per heavy atom. The lowest BCUT2D eigenvalue weighted by atomic mass is 10.1. The summed E-state index contributed by atoms with van der Waals surface area (Å²) in [6.45, 7) is 2.64. The molecule has 0 unspecified atom stereocenters. The third-order valence-corrected chi connectivity index (χ3v) is 3.48. The largest absolute Gasteiger partial charge is 0.370 e. The second-order valence-corrected chi connectivity index (χ2v) is 4.94. The standard InChI is InChI=1S/C14H20N4O/c15-7-3-1-6-10-18-14(19)11-13(12-16-18)17-8-4-2-5-9-17/h11-12H,1-6,8-10H2. The number of anilines is 1. The van der Waals surface area contributed by atoms with Crippen molar-refractivity contribution in [2.75, 3.05) is 18.0 Å².